The van der Waals surface area contributed by atoms with Gasteiger partial charge >= 0.3 is 0 Å². The summed E-state index contributed by atoms with van der Waals surface area (Å²) in [5, 5.41) is 14.0. The van der Waals surface area contributed by atoms with Crippen LogP contribution in [0.4, 0.5) is 15.2 Å². The zero-order valence-electron chi connectivity index (χ0n) is 14.7. The summed E-state index contributed by atoms with van der Waals surface area (Å²) in [6, 6.07) is 12.9. The molecule has 0 radical (unpaired) electrons. The Morgan fingerprint density at radius 3 is 2.77 bits per heavy atom. The number of hydrogen-bond donors (Lipinski definition) is 2. The summed E-state index contributed by atoms with van der Waals surface area (Å²) in [6.45, 7) is 3.60. The molecule has 0 spiro atoms. The van der Waals surface area contributed by atoms with E-state index in [0.29, 0.717) is 0 Å². The maximum atomic E-state index is 13.9. The predicted molar refractivity (Wildman–Crippen MR) is 106 cm³/mol. The van der Waals surface area contributed by atoms with E-state index in [2.05, 4.69) is 21.3 Å². The van der Waals surface area contributed by atoms with Crippen LogP contribution in [0.5, 0.6) is 0 Å². The van der Waals surface area contributed by atoms with E-state index in [-0.39, 0.29) is 18.0 Å². The number of rotatable bonds is 4. The van der Waals surface area contributed by atoms with Crippen LogP contribution in [0.3, 0.4) is 0 Å². The van der Waals surface area contributed by atoms with Crippen molar-refractivity contribution in [2.45, 2.75) is 31.9 Å². The summed E-state index contributed by atoms with van der Waals surface area (Å²) < 4.78 is 15.1. The number of para-hydroxylation sites is 1. The van der Waals surface area contributed by atoms with Gasteiger partial charge in [-0.25, -0.2) is 9.37 Å². The molecule has 2 heterocycles. The molecule has 2 aromatic carbocycles. The highest BCUT2D eigenvalue weighted by Crippen LogP contribution is 2.33. The third-order valence-corrected chi connectivity index (χ3v) is 5.86. The molecule has 0 saturated carbocycles. The minimum atomic E-state index is -0.237. The predicted octanol–water partition coefficient (Wildman–Crippen LogP) is 4.57. The first-order valence-corrected chi connectivity index (χ1v) is 9.76. The van der Waals surface area contributed by atoms with E-state index >= 15 is 0 Å². The van der Waals surface area contributed by atoms with Gasteiger partial charge in [-0.3, -0.25) is 0 Å². The number of anilines is 2. The van der Waals surface area contributed by atoms with E-state index in [0.717, 1.165) is 52.5 Å². The van der Waals surface area contributed by atoms with Crippen LogP contribution in [0.15, 0.2) is 42.5 Å². The number of halogens is 1. The molecule has 0 amide bonds. The molecule has 0 unspecified atom stereocenters. The molecule has 1 aliphatic heterocycles. The molecule has 0 bridgehead atoms. The average molecular weight is 371 g/mol. The Balaban J connectivity index is 1.60. The topological polar surface area (TPSA) is 48.4 Å². The van der Waals surface area contributed by atoms with E-state index < -0.39 is 0 Å². The molecule has 6 heteroatoms. The van der Waals surface area contributed by atoms with Gasteiger partial charge in [0.2, 0.25) is 0 Å². The van der Waals surface area contributed by atoms with Crippen molar-refractivity contribution < 1.29 is 9.50 Å². The van der Waals surface area contributed by atoms with Crippen molar-refractivity contribution in [2.75, 3.05) is 23.3 Å². The van der Waals surface area contributed by atoms with Gasteiger partial charge in [0.15, 0.2) is 5.13 Å². The van der Waals surface area contributed by atoms with Crippen molar-refractivity contribution in [1.82, 2.24) is 4.98 Å². The van der Waals surface area contributed by atoms with Gasteiger partial charge in [0, 0.05) is 24.3 Å². The minimum absolute atomic E-state index is 0.0758. The number of thiazole rings is 1. The molecule has 4 nitrogen and oxygen atoms in total. The van der Waals surface area contributed by atoms with Crippen molar-refractivity contribution >= 4 is 32.4 Å². The van der Waals surface area contributed by atoms with Gasteiger partial charge in [-0.05, 0) is 50.1 Å². The monoisotopic (exact) mass is 371 g/mol. The molecule has 1 aliphatic rings. The first kappa shape index (κ1) is 17.2. The van der Waals surface area contributed by atoms with Gasteiger partial charge in [0.05, 0.1) is 22.4 Å². The molecule has 1 aromatic heterocycles. The molecular weight excluding hydrogens is 349 g/mol. The fourth-order valence-corrected chi connectivity index (χ4v) is 4.42. The Morgan fingerprint density at radius 2 is 2.00 bits per heavy atom. The van der Waals surface area contributed by atoms with Crippen LogP contribution in [0.1, 0.15) is 31.4 Å². The van der Waals surface area contributed by atoms with Crippen LogP contribution in [0.2, 0.25) is 0 Å². The first-order valence-electron chi connectivity index (χ1n) is 8.95. The lowest BCUT2D eigenvalue weighted by atomic mass is 10.0. The number of aromatic nitrogens is 1. The zero-order chi connectivity index (χ0) is 18.1. The highest BCUT2D eigenvalue weighted by atomic mass is 32.1. The Bertz CT molecular complexity index is 872. The Morgan fingerprint density at radius 1 is 1.23 bits per heavy atom. The number of aliphatic hydroxyl groups is 1. The average Bonchev–Trinajstić information content (AvgIpc) is 3.04. The van der Waals surface area contributed by atoms with Gasteiger partial charge in [-0.2, -0.15) is 0 Å². The fraction of sp³-hybridized carbons (Fsp3) is 0.350. The molecule has 1 saturated heterocycles. The molecule has 4 rings (SSSR count). The minimum Gasteiger partial charge on any atom is -0.393 e. The highest BCUT2D eigenvalue weighted by molar-refractivity contribution is 7.22. The standard InChI is InChI=1S/C20H22FN3OS/c1-13(22-20-23-17-4-2-3-5-19(17)26-20)16-12-14(21)6-7-18(16)24-10-8-15(25)9-11-24/h2-7,12-13,15,25H,8-11H2,1H3,(H,22,23)/t13-/m1/s1. The van der Waals surface area contributed by atoms with Gasteiger partial charge in [-0.1, -0.05) is 23.5 Å². The maximum absolute atomic E-state index is 13.9. The number of fused-ring (bicyclic) bond motifs is 1. The van der Waals surface area contributed by atoms with Crippen LogP contribution < -0.4 is 10.2 Å². The third-order valence-electron chi connectivity index (χ3n) is 4.90. The van der Waals surface area contributed by atoms with Crippen molar-refractivity contribution in [3.8, 4) is 0 Å². The second-order valence-electron chi connectivity index (χ2n) is 6.77. The lowest BCUT2D eigenvalue weighted by Crippen LogP contribution is -2.36. The zero-order valence-corrected chi connectivity index (χ0v) is 15.5. The summed E-state index contributed by atoms with van der Waals surface area (Å²) in [7, 11) is 0. The van der Waals surface area contributed by atoms with E-state index in [1.54, 1.807) is 17.4 Å². The lowest BCUT2D eigenvalue weighted by Gasteiger charge is -2.34. The van der Waals surface area contributed by atoms with Crippen LogP contribution in [-0.2, 0) is 0 Å². The number of aliphatic hydroxyl groups excluding tert-OH is 1. The normalized spacial score (nSPS) is 16.8. The largest absolute Gasteiger partial charge is 0.393 e. The first-order chi connectivity index (χ1) is 12.6. The molecule has 136 valence electrons. The molecule has 0 aliphatic carbocycles. The van der Waals surface area contributed by atoms with E-state index in [4.69, 9.17) is 0 Å². The summed E-state index contributed by atoms with van der Waals surface area (Å²) in [5.74, 6) is -0.237. The van der Waals surface area contributed by atoms with Crippen LogP contribution >= 0.6 is 11.3 Å². The van der Waals surface area contributed by atoms with Crippen LogP contribution in [0, 0.1) is 5.82 Å². The summed E-state index contributed by atoms with van der Waals surface area (Å²) >= 11 is 1.60. The molecule has 1 atom stereocenters. The molecule has 26 heavy (non-hydrogen) atoms. The van der Waals surface area contributed by atoms with Crippen molar-refractivity contribution in [3.63, 3.8) is 0 Å². The molecular formula is C20H22FN3OS. The van der Waals surface area contributed by atoms with Crippen molar-refractivity contribution in [1.29, 1.82) is 0 Å². The molecule has 1 fully saturated rings. The second kappa shape index (κ2) is 7.21. The number of hydrogen-bond acceptors (Lipinski definition) is 5. The number of benzene rings is 2. The summed E-state index contributed by atoms with van der Waals surface area (Å²) in [5.41, 5.74) is 2.91. The van der Waals surface area contributed by atoms with Crippen LogP contribution in [0.25, 0.3) is 10.2 Å². The summed E-state index contributed by atoms with van der Waals surface area (Å²) in [6.07, 6.45) is 1.26. The van der Waals surface area contributed by atoms with Gasteiger partial charge in [-0.15, -0.1) is 0 Å². The fourth-order valence-electron chi connectivity index (χ4n) is 3.46. The molecule has 2 N–H and O–H groups in total. The lowest BCUT2D eigenvalue weighted by molar-refractivity contribution is 0.145. The number of nitrogens with zero attached hydrogens (tertiary/aromatic N) is 2. The van der Waals surface area contributed by atoms with Crippen molar-refractivity contribution in [3.05, 3.63) is 53.8 Å². The highest BCUT2D eigenvalue weighted by Gasteiger charge is 2.22. The van der Waals surface area contributed by atoms with Gasteiger partial charge in [0.25, 0.3) is 0 Å². The maximum Gasteiger partial charge on any atom is 0.184 e. The Kier molecular flexibility index (Phi) is 4.78. The van der Waals surface area contributed by atoms with E-state index in [1.165, 1.54) is 6.07 Å². The Hall–Kier alpha value is -2.18. The van der Waals surface area contributed by atoms with Crippen LogP contribution in [-0.4, -0.2) is 29.3 Å². The smallest absolute Gasteiger partial charge is 0.184 e. The van der Waals surface area contributed by atoms with Crippen molar-refractivity contribution in [2.24, 2.45) is 0 Å². The number of nitrogens with one attached hydrogen (secondary N) is 1. The summed E-state index contributed by atoms with van der Waals surface area (Å²) in [4.78, 5) is 6.85. The van der Waals surface area contributed by atoms with Gasteiger partial charge < -0.3 is 15.3 Å². The second-order valence-corrected chi connectivity index (χ2v) is 7.80. The van der Waals surface area contributed by atoms with E-state index in [9.17, 15) is 9.50 Å². The third kappa shape index (κ3) is 3.52. The molecule has 3 aromatic rings. The quantitative estimate of drug-likeness (QED) is 0.705. The Labute approximate surface area is 156 Å². The SMILES string of the molecule is C[C@@H](Nc1nc2ccccc2s1)c1cc(F)ccc1N1CCC(O)CC1. The number of piperidine rings is 1. The van der Waals surface area contributed by atoms with Gasteiger partial charge in [0.1, 0.15) is 5.82 Å². The van der Waals surface area contributed by atoms with E-state index in [1.807, 2.05) is 31.2 Å².